The van der Waals surface area contributed by atoms with Gasteiger partial charge in [0.2, 0.25) is 0 Å². The molecule has 2 N–H and O–H groups in total. The fourth-order valence-electron chi connectivity index (χ4n) is 3.08. The van der Waals surface area contributed by atoms with Crippen molar-refractivity contribution in [3.63, 3.8) is 0 Å². The van der Waals surface area contributed by atoms with Gasteiger partial charge in [-0.3, -0.25) is 9.58 Å². The number of halogens is 2. The largest absolute Gasteiger partial charge is 0.361 e. The maximum absolute atomic E-state index is 14.8. The van der Waals surface area contributed by atoms with Crippen molar-refractivity contribution >= 4 is 15.5 Å². The Morgan fingerprint density at radius 1 is 1.26 bits per heavy atom. The lowest BCUT2D eigenvalue weighted by atomic mass is 9.97. The number of rotatable bonds is 6. The molecule has 0 spiro atoms. The van der Waals surface area contributed by atoms with Gasteiger partial charge in [-0.25, -0.2) is 8.42 Å². The van der Waals surface area contributed by atoms with Crippen molar-refractivity contribution in [3.8, 4) is 0 Å². The third-order valence-electron chi connectivity index (χ3n) is 4.64. The van der Waals surface area contributed by atoms with Crippen molar-refractivity contribution in [3.05, 3.63) is 30.7 Å². The number of aryl methyl sites for hydroxylation is 1. The van der Waals surface area contributed by atoms with Gasteiger partial charge in [0.25, 0.3) is 9.84 Å². The van der Waals surface area contributed by atoms with Crippen molar-refractivity contribution in [2.45, 2.75) is 29.5 Å². The quantitative estimate of drug-likeness (QED) is 0.678. The predicted octanol–water partition coefficient (Wildman–Crippen LogP) is 0.677. The van der Waals surface area contributed by atoms with Gasteiger partial charge in [0.05, 0.1) is 24.3 Å². The van der Waals surface area contributed by atoms with Crippen molar-refractivity contribution in [1.29, 1.82) is 0 Å². The number of hydrogen-bond donors (Lipinski definition) is 2. The summed E-state index contributed by atoms with van der Waals surface area (Å²) in [5.74, 6) is -1.34. The highest BCUT2D eigenvalue weighted by molar-refractivity contribution is 7.92. The molecular formula is C15H20F2N6O3S. The SMILES string of the molecule is Cn1nccc1S(=O)(=O)C(F)(F)C1CCN(C(O)Nc2ccnnc2)CC1. The van der Waals surface area contributed by atoms with E-state index < -0.39 is 32.4 Å². The Bertz CT molecular complexity index is 869. The minimum absolute atomic E-state index is 0.0720. The molecule has 9 nitrogen and oxygen atoms in total. The number of nitrogens with zero attached hydrogens (tertiary/aromatic N) is 5. The van der Waals surface area contributed by atoms with Gasteiger partial charge in [-0.2, -0.15) is 24.1 Å². The van der Waals surface area contributed by atoms with Gasteiger partial charge in [0.15, 0.2) is 11.4 Å². The van der Waals surface area contributed by atoms with E-state index in [0.29, 0.717) is 5.69 Å². The minimum atomic E-state index is -4.86. The van der Waals surface area contributed by atoms with Crippen LogP contribution in [-0.2, 0) is 16.9 Å². The molecule has 2 aromatic heterocycles. The van der Waals surface area contributed by atoms with E-state index in [4.69, 9.17) is 0 Å². The Hall–Kier alpha value is -2.18. The second-order valence-corrected chi connectivity index (χ2v) is 8.29. The molecule has 1 aliphatic heterocycles. The van der Waals surface area contributed by atoms with Crippen LogP contribution in [0.3, 0.4) is 0 Å². The second kappa shape index (κ2) is 7.44. The van der Waals surface area contributed by atoms with Crippen LogP contribution in [-0.4, -0.2) is 63.1 Å². The number of hydrogen-bond acceptors (Lipinski definition) is 8. The van der Waals surface area contributed by atoms with E-state index in [9.17, 15) is 22.3 Å². The van der Waals surface area contributed by atoms with Crippen molar-refractivity contribution in [2.24, 2.45) is 13.0 Å². The van der Waals surface area contributed by atoms with Gasteiger partial charge in [-0.15, -0.1) is 0 Å². The Morgan fingerprint density at radius 3 is 2.52 bits per heavy atom. The monoisotopic (exact) mass is 402 g/mol. The lowest BCUT2D eigenvalue weighted by molar-refractivity contribution is -0.0436. The molecule has 0 saturated carbocycles. The van der Waals surface area contributed by atoms with Crippen LogP contribution < -0.4 is 5.32 Å². The van der Waals surface area contributed by atoms with E-state index in [1.54, 1.807) is 11.0 Å². The number of likely N-dealkylation sites (tertiary alicyclic amines) is 1. The molecule has 0 radical (unpaired) electrons. The topological polar surface area (TPSA) is 113 Å². The van der Waals surface area contributed by atoms with Crippen LogP contribution in [0, 0.1) is 5.92 Å². The number of sulfone groups is 1. The van der Waals surface area contributed by atoms with Gasteiger partial charge in [0, 0.05) is 26.1 Å². The van der Waals surface area contributed by atoms with Crippen LogP contribution in [0.15, 0.2) is 35.7 Å². The molecule has 148 valence electrons. The Morgan fingerprint density at radius 2 is 1.96 bits per heavy atom. The highest BCUT2D eigenvalue weighted by atomic mass is 32.2. The molecule has 3 heterocycles. The summed E-state index contributed by atoms with van der Waals surface area (Å²) in [6.07, 6.45) is 2.80. The summed E-state index contributed by atoms with van der Waals surface area (Å²) in [6, 6.07) is 2.67. The molecule has 12 heteroatoms. The van der Waals surface area contributed by atoms with Crippen molar-refractivity contribution < 1.29 is 22.3 Å². The molecule has 0 amide bonds. The molecular weight excluding hydrogens is 382 g/mol. The minimum Gasteiger partial charge on any atom is -0.361 e. The fourth-order valence-corrected chi connectivity index (χ4v) is 4.67. The average Bonchev–Trinajstić information content (AvgIpc) is 3.09. The number of alkyl halides is 2. The van der Waals surface area contributed by atoms with Crippen LogP contribution >= 0.6 is 0 Å². The second-order valence-electron chi connectivity index (χ2n) is 6.32. The summed E-state index contributed by atoms with van der Waals surface area (Å²) in [6.45, 7) is 0.238. The Balaban J connectivity index is 1.65. The number of aliphatic hydroxyl groups is 1. The summed E-state index contributed by atoms with van der Waals surface area (Å²) in [4.78, 5) is 1.56. The molecule has 27 heavy (non-hydrogen) atoms. The summed E-state index contributed by atoms with van der Waals surface area (Å²) >= 11 is 0. The zero-order chi connectivity index (χ0) is 19.7. The lowest BCUT2D eigenvalue weighted by Gasteiger charge is -2.37. The molecule has 0 bridgehead atoms. The zero-order valence-corrected chi connectivity index (χ0v) is 15.4. The molecule has 1 atom stereocenters. The van der Waals surface area contributed by atoms with Crippen LogP contribution in [0.5, 0.6) is 0 Å². The Kier molecular flexibility index (Phi) is 5.40. The summed E-state index contributed by atoms with van der Waals surface area (Å²) in [5, 5.41) is 19.5. The summed E-state index contributed by atoms with van der Waals surface area (Å²) in [7, 11) is -3.55. The zero-order valence-electron chi connectivity index (χ0n) is 14.5. The summed E-state index contributed by atoms with van der Waals surface area (Å²) in [5.41, 5.74) is 0.531. The highest BCUT2D eigenvalue weighted by Gasteiger charge is 2.54. The van der Waals surface area contributed by atoms with E-state index in [-0.39, 0.29) is 25.9 Å². The van der Waals surface area contributed by atoms with Crippen molar-refractivity contribution in [2.75, 3.05) is 18.4 Å². The average molecular weight is 402 g/mol. The number of aliphatic hydroxyl groups excluding tert-OH is 1. The van der Waals surface area contributed by atoms with Gasteiger partial charge >= 0.3 is 5.25 Å². The van der Waals surface area contributed by atoms with E-state index in [1.807, 2.05) is 0 Å². The summed E-state index contributed by atoms with van der Waals surface area (Å²) < 4.78 is 55.2. The third kappa shape index (κ3) is 3.77. The highest BCUT2D eigenvalue weighted by Crippen LogP contribution is 2.40. The van der Waals surface area contributed by atoms with E-state index in [0.717, 1.165) is 10.7 Å². The molecule has 2 aromatic rings. The number of nitrogens with one attached hydrogen (secondary N) is 1. The van der Waals surface area contributed by atoms with Crippen LogP contribution in [0.2, 0.25) is 0 Å². The molecule has 0 aromatic carbocycles. The van der Waals surface area contributed by atoms with Gasteiger partial charge in [-0.1, -0.05) is 0 Å². The van der Waals surface area contributed by atoms with Crippen molar-refractivity contribution in [1.82, 2.24) is 24.9 Å². The van der Waals surface area contributed by atoms with Gasteiger partial charge in [0.1, 0.15) is 0 Å². The molecule has 1 aliphatic rings. The molecule has 1 fully saturated rings. The Labute approximate surface area is 154 Å². The normalized spacial score (nSPS) is 18.4. The van der Waals surface area contributed by atoms with Crippen LogP contribution in [0.25, 0.3) is 0 Å². The van der Waals surface area contributed by atoms with E-state index in [1.165, 1.54) is 25.6 Å². The molecule has 1 unspecified atom stereocenters. The maximum Gasteiger partial charge on any atom is 0.354 e. The number of anilines is 1. The van der Waals surface area contributed by atoms with Gasteiger partial charge < -0.3 is 10.4 Å². The first kappa shape index (κ1) is 19.6. The van der Waals surface area contributed by atoms with Crippen LogP contribution in [0.4, 0.5) is 14.5 Å². The number of piperidine rings is 1. The molecule has 0 aliphatic carbocycles. The predicted molar refractivity (Wildman–Crippen MR) is 91.3 cm³/mol. The first-order valence-electron chi connectivity index (χ1n) is 8.29. The van der Waals surface area contributed by atoms with E-state index >= 15 is 0 Å². The van der Waals surface area contributed by atoms with Crippen LogP contribution in [0.1, 0.15) is 12.8 Å². The smallest absolute Gasteiger partial charge is 0.354 e. The standard InChI is InChI=1S/C15H20F2N6O3S/c1-22-13(3-7-20-22)27(25,26)15(16,17)11-4-8-23(9-5-11)14(24)21-12-2-6-18-19-10-12/h2-3,6-7,10-11,14,24H,4-5,8-9H2,1H3,(H,18,21). The first-order valence-corrected chi connectivity index (χ1v) is 9.77. The fraction of sp³-hybridized carbons (Fsp3) is 0.533. The maximum atomic E-state index is 14.8. The first-order chi connectivity index (χ1) is 12.7. The number of aromatic nitrogens is 4. The molecule has 1 saturated heterocycles. The van der Waals surface area contributed by atoms with E-state index in [2.05, 4.69) is 20.6 Å². The van der Waals surface area contributed by atoms with Gasteiger partial charge in [-0.05, 0) is 25.0 Å². The third-order valence-corrected chi connectivity index (χ3v) is 6.64. The molecule has 3 rings (SSSR count). The lowest BCUT2D eigenvalue weighted by Crippen LogP contribution is -2.49.